The van der Waals surface area contributed by atoms with E-state index in [0.717, 1.165) is 0 Å². The van der Waals surface area contributed by atoms with Gasteiger partial charge >= 0.3 is 0 Å². The quantitative estimate of drug-likeness (QED) is 0.701. The van der Waals surface area contributed by atoms with Crippen LogP contribution in [0.25, 0.3) is 0 Å². The lowest BCUT2D eigenvalue weighted by Crippen LogP contribution is -2.14. The fraction of sp³-hybridized carbons (Fsp3) is 0.100. The number of anilines is 2. The lowest BCUT2D eigenvalue weighted by atomic mass is 10.1. The van der Waals surface area contributed by atoms with Gasteiger partial charge in [-0.15, -0.1) is 0 Å². The van der Waals surface area contributed by atoms with E-state index in [0.29, 0.717) is 34.9 Å². The van der Waals surface area contributed by atoms with Crippen LogP contribution in [0.3, 0.4) is 0 Å². The van der Waals surface area contributed by atoms with Crippen molar-refractivity contribution in [3.05, 3.63) is 78.1 Å². The number of amides is 2. The van der Waals surface area contributed by atoms with Gasteiger partial charge in [0, 0.05) is 16.8 Å². The standard InChI is InChI=1S/C20H18N4O3/c1-2-27-18-5-3-4-15(12-18)20(26)23-16-8-6-14(7-9-16)19(25)24-17-10-11-21-22-13-17/h3-13H,2H2,1H3,(H,23,26)(H,21,24,25). The van der Waals surface area contributed by atoms with Crippen molar-refractivity contribution in [3.63, 3.8) is 0 Å². The lowest BCUT2D eigenvalue weighted by Gasteiger charge is -2.09. The summed E-state index contributed by atoms with van der Waals surface area (Å²) in [7, 11) is 0. The number of rotatable bonds is 6. The number of carbonyl (C=O) groups is 2. The summed E-state index contributed by atoms with van der Waals surface area (Å²) < 4.78 is 5.41. The highest BCUT2D eigenvalue weighted by Crippen LogP contribution is 2.16. The van der Waals surface area contributed by atoms with Crippen molar-refractivity contribution in [2.75, 3.05) is 17.2 Å². The van der Waals surface area contributed by atoms with Crippen LogP contribution >= 0.6 is 0 Å². The van der Waals surface area contributed by atoms with Gasteiger partial charge in [-0.25, -0.2) is 0 Å². The molecule has 1 heterocycles. The summed E-state index contributed by atoms with van der Waals surface area (Å²) in [4.78, 5) is 24.6. The van der Waals surface area contributed by atoms with Gasteiger partial charge < -0.3 is 15.4 Å². The predicted molar refractivity (Wildman–Crippen MR) is 102 cm³/mol. The summed E-state index contributed by atoms with van der Waals surface area (Å²) in [6.07, 6.45) is 2.96. The minimum absolute atomic E-state index is 0.253. The third-order valence-electron chi connectivity index (χ3n) is 3.65. The van der Waals surface area contributed by atoms with Gasteiger partial charge in [-0.1, -0.05) is 6.07 Å². The first-order valence-corrected chi connectivity index (χ1v) is 8.38. The zero-order valence-corrected chi connectivity index (χ0v) is 14.7. The Bertz CT molecular complexity index is 927. The molecule has 0 spiro atoms. The van der Waals surface area contributed by atoms with E-state index in [4.69, 9.17) is 4.74 Å². The van der Waals surface area contributed by atoms with E-state index in [1.165, 1.54) is 12.4 Å². The molecule has 2 N–H and O–H groups in total. The molecule has 0 aliphatic carbocycles. The van der Waals surface area contributed by atoms with Gasteiger partial charge in [-0.05, 0) is 55.5 Å². The third-order valence-corrected chi connectivity index (χ3v) is 3.65. The highest BCUT2D eigenvalue weighted by atomic mass is 16.5. The first kappa shape index (κ1) is 18.1. The Kier molecular flexibility index (Phi) is 5.73. The van der Waals surface area contributed by atoms with Crippen molar-refractivity contribution in [1.82, 2.24) is 10.2 Å². The van der Waals surface area contributed by atoms with Crippen LogP contribution in [0.15, 0.2) is 67.0 Å². The summed E-state index contributed by atoms with van der Waals surface area (Å²) in [5.74, 6) is 0.115. The maximum Gasteiger partial charge on any atom is 0.255 e. The van der Waals surface area contributed by atoms with Gasteiger partial charge in [0.15, 0.2) is 0 Å². The predicted octanol–water partition coefficient (Wildman–Crippen LogP) is 3.38. The molecular weight excluding hydrogens is 344 g/mol. The fourth-order valence-electron chi connectivity index (χ4n) is 2.37. The van der Waals surface area contributed by atoms with Gasteiger partial charge in [-0.3, -0.25) is 9.59 Å². The molecular formula is C20H18N4O3. The van der Waals surface area contributed by atoms with Gasteiger partial charge in [0.2, 0.25) is 0 Å². The van der Waals surface area contributed by atoms with E-state index >= 15 is 0 Å². The summed E-state index contributed by atoms with van der Waals surface area (Å²) >= 11 is 0. The Morgan fingerprint density at radius 1 is 0.889 bits per heavy atom. The van der Waals surface area contributed by atoms with Gasteiger partial charge in [0.25, 0.3) is 11.8 Å². The van der Waals surface area contributed by atoms with Crippen LogP contribution in [-0.4, -0.2) is 28.6 Å². The molecule has 7 heteroatoms. The molecule has 0 atom stereocenters. The Labute approximate surface area is 156 Å². The molecule has 2 amide bonds. The van der Waals surface area contributed by atoms with Crippen molar-refractivity contribution in [1.29, 1.82) is 0 Å². The molecule has 0 radical (unpaired) electrons. The normalized spacial score (nSPS) is 10.1. The molecule has 1 aromatic heterocycles. The van der Waals surface area contributed by atoms with Crippen LogP contribution in [-0.2, 0) is 0 Å². The van der Waals surface area contributed by atoms with E-state index in [1.807, 2.05) is 6.92 Å². The minimum atomic E-state index is -0.273. The van der Waals surface area contributed by atoms with Gasteiger partial charge in [-0.2, -0.15) is 10.2 Å². The second kappa shape index (κ2) is 8.57. The molecule has 7 nitrogen and oxygen atoms in total. The molecule has 3 aromatic rings. The van der Waals surface area contributed by atoms with Crippen LogP contribution in [0.4, 0.5) is 11.4 Å². The number of hydrogen-bond donors (Lipinski definition) is 2. The van der Waals surface area contributed by atoms with E-state index in [9.17, 15) is 9.59 Å². The number of benzene rings is 2. The summed E-state index contributed by atoms with van der Waals surface area (Å²) in [5, 5.41) is 12.9. The lowest BCUT2D eigenvalue weighted by molar-refractivity contribution is 0.101. The van der Waals surface area contributed by atoms with Crippen LogP contribution in [0, 0.1) is 0 Å². The molecule has 0 saturated heterocycles. The average molecular weight is 362 g/mol. The number of aromatic nitrogens is 2. The van der Waals surface area contributed by atoms with E-state index < -0.39 is 0 Å². The molecule has 0 aliphatic rings. The number of carbonyl (C=O) groups excluding carboxylic acids is 2. The van der Waals surface area contributed by atoms with Crippen LogP contribution in [0.2, 0.25) is 0 Å². The molecule has 0 aliphatic heterocycles. The van der Waals surface area contributed by atoms with E-state index in [2.05, 4.69) is 20.8 Å². The summed E-state index contributed by atoms with van der Waals surface area (Å²) in [6.45, 7) is 2.42. The molecule has 0 fully saturated rings. The average Bonchev–Trinajstić information content (AvgIpc) is 2.70. The molecule has 0 bridgehead atoms. The largest absolute Gasteiger partial charge is 0.494 e. The number of nitrogens with one attached hydrogen (secondary N) is 2. The number of ether oxygens (including phenoxy) is 1. The van der Waals surface area contributed by atoms with E-state index in [1.54, 1.807) is 54.6 Å². The van der Waals surface area contributed by atoms with Crippen molar-refractivity contribution in [2.24, 2.45) is 0 Å². The first-order chi connectivity index (χ1) is 13.2. The zero-order valence-electron chi connectivity index (χ0n) is 14.7. The Morgan fingerprint density at radius 2 is 1.63 bits per heavy atom. The fourth-order valence-corrected chi connectivity index (χ4v) is 2.37. The number of nitrogens with zero attached hydrogens (tertiary/aromatic N) is 2. The third kappa shape index (κ3) is 4.88. The van der Waals surface area contributed by atoms with E-state index in [-0.39, 0.29) is 11.8 Å². The topological polar surface area (TPSA) is 93.2 Å². The second-order valence-electron chi connectivity index (χ2n) is 5.58. The second-order valence-corrected chi connectivity index (χ2v) is 5.58. The molecule has 27 heavy (non-hydrogen) atoms. The molecule has 136 valence electrons. The smallest absolute Gasteiger partial charge is 0.255 e. The number of hydrogen-bond acceptors (Lipinski definition) is 5. The van der Waals surface area contributed by atoms with Gasteiger partial charge in [0.05, 0.1) is 24.7 Å². The molecule has 0 unspecified atom stereocenters. The van der Waals surface area contributed by atoms with Crippen LogP contribution in [0.5, 0.6) is 5.75 Å². The monoisotopic (exact) mass is 362 g/mol. The van der Waals surface area contributed by atoms with Crippen molar-refractivity contribution < 1.29 is 14.3 Å². The highest BCUT2D eigenvalue weighted by Gasteiger charge is 2.09. The van der Waals surface area contributed by atoms with Gasteiger partial charge in [0.1, 0.15) is 5.75 Å². The Morgan fingerprint density at radius 3 is 2.33 bits per heavy atom. The molecule has 2 aromatic carbocycles. The van der Waals surface area contributed by atoms with Crippen molar-refractivity contribution in [3.8, 4) is 5.75 Å². The van der Waals surface area contributed by atoms with Crippen molar-refractivity contribution >= 4 is 23.2 Å². The Hall–Kier alpha value is -3.74. The first-order valence-electron chi connectivity index (χ1n) is 8.38. The summed E-state index contributed by atoms with van der Waals surface area (Å²) in [6, 6.07) is 15.2. The highest BCUT2D eigenvalue weighted by molar-refractivity contribution is 6.06. The van der Waals surface area contributed by atoms with Crippen molar-refractivity contribution in [2.45, 2.75) is 6.92 Å². The summed E-state index contributed by atoms with van der Waals surface area (Å²) in [5.41, 5.74) is 2.10. The zero-order chi connectivity index (χ0) is 19.1. The van der Waals surface area contributed by atoms with Crippen LogP contribution in [0.1, 0.15) is 27.6 Å². The minimum Gasteiger partial charge on any atom is -0.494 e. The Balaban J connectivity index is 1.64. The molecule has 0 saturated carbocycles. The molecule has 3 rings (SSSR count). The maximum atomic E-state index is 12.4. The van der Waals surface area contributed by atoms with Crippen LogP contribution < -0.4 is 15.4 Å². The SMILES string of the molecule is CCOc1cccc(C(=O)Nc2ccc(C(=O)Nc3ccnnc3)cc2)c1. The maximum absolute atomic E-state index is 12.4.